The lowest BCUT2D eigenvalue weighted by Gasteiger charge is -2.40. The number of aromatic nitrogens is 1. The Balaban J connectivity index is 1.58. The molecule has 0 atom stereocenters. The quantitative estimate of drug-likeness (QED) is 0.607. The third-order valence-electron chi connectivity index (χ3n) is 5.41. The van der Waals surface area contributed by atoms with Gasteiger partial charge in [0, 0.05) is 17.5 Å². The fourth-order valence-electron chi connectivity index (χ4n) is 4.15. The van der Waals surface area contributed by atoms with Gasteiger partial charge in [-0.2, -0.15) is 4.37 Å². The SMILES string of the molecule is c1ccc2c(SN(C3CCCCC3)C3CCCCC3)nsc2c1. The van der Waals surface area contributed by atoms with Gasteiger partial charge in [0.25, 0.3) is 0 Å². The number of hydrogen-bond donors (Lipinski definition) is 0. The van der Waals surface area contributed by atoms with Gasteiger partial charge in [-0.3, -0.25) is 0 Å². The molecule has 0 spiro atoms. The lowest BCUT2D eigenvalue weighted by molar-refractivity contribution is 0.184. The Morgan fingerprint density at radius 3 is 2.13 bits per heavy atom. The Morgan fingerprint density at radius 2 is 1.48 bits per heavy atom. The highest BCUT2D eigenvalue weighted by Gasteiger charge is 2.30. The van der Waals surface area contributed by atoms with Gasteiger partial charge in [-0.25, -0.2) is 4.31 Å². The van der Waals surface area contributed by atoms with Crippen LogP contribution in [0.15, 0.2) is 29.3 Å². The monoisotopic (exact) mass is 346 g/mol. The van der Waals surface area contributed by atoms with Gasteiger partial charge in [0.15, 0.2) is 0 Å². The second kappa shape index (κ2) is 7.54. The minimum absolute atomic E-state index is 0.761. The van der Waals surface area contributed by atoms with Crippen LogP contribution in [0.4, 0.5) is 0 Å². The van der Waals surface area contributed by atoms with Gasteiger partial charge < -0.3 is 0 Å². The van der Waals surface area contributed by atoms with Crippen LogP contribution in [0.1, 0.15) is 64.2 Å². The van der Waals surface area contributed by atoms with Crippen molar-refractivity contribution in [1.82, 2.24) is 8.68 Å². The molecule has 2 saturated carbocycles. The largest absolute Gasteiger partial charge is 0.239 e. The van der Waals surface area contributed by atoms with Crippen LogP contribution in [0.3, 0.4) is 0 Å². The van der Waals surface area contributed by atoms with Crippen molar-refractivity contribution in [2.45, 2.75) is 81.3 Å². The predicted molar refractivity (Wildman–Crippen MR) is 101 cm³/mol. The average molecular weight is 347 g/mol. The van der Waals surface area contributed by atoms with E-state index in [1.165, 1.54) is 79.3 Å². The highest BCUT2D eigenvalue weighted by atomic mass is 32.2. The molecule has 1 aromatic carbocycles. The Hall–Kier alpha value is -0.580. The van der Waals surface area contributed by atoms with Crippen molar-refractivity contribution in [3.8, 4) is 0 Å². The molecule has 1 aromatic heterocycles. The molecule has 4 heteroatoms. The van der Waals surface area contributed by atoms with E-state index in [1.807, 2.05) is 11.9 Å². The molecule has 4 rings (SSSR count). The maximum atomic E-state index is 4.79. The van der Waals surface area contributed by atoms with Crippen LogP contribution in [0.2, 0.25) is 0 Å². The molecule has 2 fully saturated rings. The summed E-state index contributed by atoms with van der Waals surface area (Å²) in [5.74, 6) is 0. The molecular weight excluding hydrogens is 320 g/mol. The van der Waals surface area contributed by atoms with Crippen molar-refractivity contribution in [1.29, 1.82) is 0 Å². The molecule has 0 unspecified atom stereocenters. The topological polar surface area (TPSA) is 16.1 Å². The van der Waals surface area contributed by atoms with Crippen LogP contribution in [-0.2, 0) is 0 Å². The molecule has 23 heavy (non-hydrogen) atoms. The van der Waals surface area contributed by atoms with Crippen molar-refractivity contribution < 1.29 is 0 Å². The van der Waals surface area contributed by atoms with E-state index in [0.717, 1.165) is 12.1 Å². The van der Waals surface area contributed by atoms with E-state index < -0.39 is 0 Å². The molecule has 0 N–H and O–H groups in total. The molecule has 0 bridgehead atoms. The van der Waals surface area contributed by atoms with Gasteiger partial charge in [-0.05, 0) is 55.2 Å². The minimum atomic E-state index is 0.761. The summed E-state index contributed by atoms with van der Waals surface area (Å²) in [6.45, 7) is 0. The zero-order valence-electron chi connectivity index (χ0n) is 13.7. The molecule has 0 amide bonds. The Kier molecular flexibility index (Phi) is 5.22. The fourth-order valence-corrected chi connectivity index (χ4v) is 6.33. The fraction of sp³-hybridized carbons (Fsp3) is 0.632. The van der Waals surface area contributed by atoms with Crippen molar-refractivity contribution >= 4 is 33.6 Å². The van der Waals surface area contributed by atoms with E-state index in [4.69, 9.17) is 4.37 Å². The summed E-state index contributed by atoms with van der Waals surface area (Å²) in [5, 5.41) is 2.58. The molecule has 2 aromatic rings. The standard InChI is InChI=1S/C19H26N2S2/c1-3-9-15(10-4-1)21(16-11-5-2-6-12-16)23-19-17-13-7-8-14-18(17)22-20-19/h7-8,13-16H,1-6,9-12H2. The first-order valence-corrected chi connectivity index (χ1v) is 10.8. The Morgan fingerprint density at radius 1 is 0.870 bits per heavy atom. The first-order chi connectivity index (χ1) is 11.4. The zero-order valence-corrected chi connectivity index (χ0v) is 15.4. The summed E-state index contributed by atoms with van der Waals surface area (Å²) in [6, 6.07) is 10.2. The van der Waals surface area contributed by atoms with Gasteiger partial charge >= 0.3 is 0 Å². The number of hydrogen-bond acceptors (Lipinski definition) is 4. The van der Waals surface area contributed by atoms with E-state index in [9.17, 15) is 0 Å². The third-order valence-corrected chi connectivity index (χ3v) is 7.64. The van der Waals surface area contributed by atoms with E-state index in [1.54, 1.807) is 11.5 Å². The van der Waals surface area contributed by atoms with Gasteiger partial charge in [0.2, 0.25) is 0 Å². The van der Waals surface area contributed by atoms with Crippen LogP contribution < -0.4 is 0 Å². The van der Waals surface area contributed by atoms with Crippen molar-refractivity contribution in [2.24, 2.45) is 0 Å². The van der Waals surface area contributed by atoms with E-state index in [-0.39, 0.29) is 0 Å². The van der Waals surface area contributed by atoms with Crippen LogP contribution in [-0.4, -0.2) is 20.8 Å². The van der Waals surface area contributed by atoms with Crippen LogP contribution in [0, 0.1) is 0 Å². The molecule has 0 saturated heterocycles. The summed E-state index contributed by atoms with van der Waals surface area (Å²) in [7, 11) is 0. The molecule has 2 nitrogen and oxygen atoms in total. The van der Waals surface area contributed by atoms with Gasteiger partial charge in [-0.1, -0.05) is 56.7 Å². The van der Waals surface area contributed by atoms with Gasteiger partial charge in [-0.15, -0.1) is 0 Å². The average Bonchev–Trinajstić information content (AvgIpc) is 3.04. The van der Waals surface area contributed by atoms with Crippen molar-refractivity contribution in [2.75, 3.05) is 0 Å². The molecule has 2 aliphatic rings. The van der Waals surface area contributed by atoms with Crippen LogP contribution in [0.25, 0.3) is 10.1 Å². The second-order valence-electron chi connectivity index (χ2n) is 7.02. The predicted octanol–water partition coefficient (Wildman–Crippen LogP) is 6.27. The summed E-state index contributed by atoms with van der Waals surface area (Å²) >= 11 is 3.62. The van der Waals surface area contributed by atoms with E-state index in [0.29, 0.717) is 0 Å². The number of rotatable bonds is 4. The van der Waals surface area contributed by atoms with Crippen LogP contribution in [0.5, 0.6) is 0 Å². The number of fused-ring (bicyclic) bond motifs is 1. The summed E-state index contributed by atoms with van der Waals surface area (Å²) in [6.07, 6.45) is 14.0. The highest BCUT2D eigenvalue weighted by Crippen LogP contribution is 2.40. The molecule has 124 valence electrons. The number of benzene rings is 1. The second-order valence-corrected chi connectivity index (χ2v) is 8.81. The Labute approximate surface area is 148 Å². The van der Waals surface area contributed by atoms with Crippen molar-refractivity contribution in [3.63, 3.8) is 0 Å². The smallest absolute Gasteiger partial charge is 0.133 e. The maximum absolute atomic E-state index is 4.79. The van der Waals surface area contributed by atoms with Crippen molar-refractivity contribution in [3.05, 3.63) is 24.3 Å². The third kappa shape index (κ3) is 3.59. The van der Waals surface area contributed by atoms with E-state index in [2.05, 4.69) is 28.6 Å². The summed E-state index contributed by atoms with van der Waals surface area (Å²) < 4.78 is 8.89. The first kappa shape index (κ1) is 15.9. The van der Waals surface area contributed by atoms with Gasteiger partial charge in [0.05, 0.1) is 4.70 Å². The van der Waals surface area contributed by atoms with Crippen LogP contribution >= 0.6 is 23.5 Å². The first-order valence-electron chi connectivity index (χ1n) is 9.22. The lowest BCUT2D eigenvalue weighted by atomic mass is 9.91. The molecule has 0 radical (unpaired) electrons. The van der Waals surface area contributed by atoms with E-state index >= 15 is 0 Å². The zero-order chi connectivity index (χ0) is 15.5. The highest BCUT2D eigenvalue weighted by molar-refractivity contribution is 7.97. The molecule has 1 heterocycles. The lowest BCUT2D eigenvalue weighted by Crippen LogP contribution is -2.40. The van der Waals surface area contributed by atoms with Gasteiger partial charge in [0.1, 0.15) is 5.03 Å². The summed E-state index contributed by atoms with van der Waals surface area (Å²) in [4.78, 5) is 0. The minimum Gasteiger partial charge on any atom is -0.239 e. The molecular formula is C19H26N2S2. The molecule has 2 aliphatic carbocycles. The number of nitrogens with zero attached hydrogens (tertiary/aromatic N) is 2. The summed E-state index contributed by atoms with van der Waals surface area (Å²) in [5.41, 5.74) is 0. The maximum Gasteiger partial charge on any atom is 0.133 e. The molecule has 0 aliphatic heterocycles. The Bertz CT molecular complexity index is 609. The normalized spacial score (nSPS) is 21.3.